The van der Waals surface area contributed by atoms with E-state index >= 15 is 0 Å². The minimum Gasteiger partial charge on any atom is -0.350 e. The molecule has 7 nitrogen and oxygen atoms in total. The number of fused-ring (bicyclic) bond motifs is 1. The Balaban J connectivity index is 1.88. The minimum absolute atomic E-state index is 0.00723. The number of halogens is 1. The van der Waals surface area contributed by atoms with Crippen LogP contribution in [0.1, 0.15) is 30.0 Å². The Labute approximate surface area is 169 Å². The largest absolute Gasteiger partial charge is 0.350 e. The molecule has 0 unspecified atom stereocenters. The van der Waals surface area contributed by atoms with Gasteiger partial charge in [0.15, 0.2) is 0 Å². The highest BCUT2D eigenvalue weighted by molar-refractivity contribution is 7.89. The zero-order valence-corrected chi connectivity index (χ0v) is 17.5. The average Bonchev–Trinajstić information content (AvgIpc) is 2.96. The lowest BCUT2D eigenvalue weighted by Crippen LogP contribution is -2.29. The van der Waals surface area contributed by atoms with Crippen LogP contribution in [0.25, 0.3) is 11.0 Å². The maximum absolute atomic E-state index is 13.1. The predicted molar refractivity (Wildman–Crippen MR) is 108 cm³/mol. The molecule has 0 aliphatic carbocycles. The van der Waals surface area contributed by atoms with Crippen molar-refractivity contribution in [1.29, 1.82) is 0 Å². The number of rotatable bonds is 6. The highest BCUT2D eigenvalue weighted by Crippen LogP contribution is 2.21. The summed E-state index contributed by atoms with van der Waals surface area (Å²) in [5, 5.41) is 2.83. The molecule has 1 N–H and O–H groups in total. The highest BCUT2D eigenvalue weighted by Gasteiger charge is 2.23. The number of hydrogen-bond donors (Lipinski definition) is 1. The van der Waals surface area contributed by atoms with Gasteiger partial charge in [0, 0.05) is 25.7 Å². The molecule has 0 saturated heterocycles. The minimum atomic E-state index is -3.79. The Bertz CT molecular complexity index is 1150. The third-order valence-corrected chi connectivity index (χ3v) is 6.36. The number of imidazole rings is 1. The van der Waals surface area contributed by atoms with Crippen molar-refractivity contribution >= 4 is 27.0 Å². The summed E-state index contributed by atoms with van der Waals surface area (Å²) in [4.78, 5) is 16.7. The number of carbonyl (C=O) groups is 1. The summed E-state index contributed by atoms with van der Waals surface area (Å²) in [6, 6.07) is 9.89. The molecular weight excluding hydrogens is 395 g/mol. The molecule has 9 heteroatoms. The van der Waals surface area contributed by atoms with Crippen LogP contribution in [0.4, 0.5) is 4.39 Å². The fourth-order valence-electron chi connectivity index (χ4n) is 2.95. The van der Waals surface area contributed by atoms with E-state index < -0.39 is 15.8 Å². The maximum atomic E-state index is 13.1. The summed E-state index contributed by atoms with van der Waals surface area (Å²) in [5.41, 5.74) is 1.88. The lowest BCUT2D eigenvalue weighted by molar-refractivity contribution is 0.0943. The molecule has 0 fully saturated rings. The third kappa shape index (κ3) is 4.30. The van der Waals surface area contributed by atoms with Crippen molar-refractivity contribution in [2.75, 3.05) is 7.05 Å². The number of aromatic nitrogens is 2. The molecule has 0 aliphatic rings. The molecule has 0 bridgehead atoms. The van der Waals surface area contributed by atoms with Crippen LogP contribution in [0, 0.1) is 5.82 Å². The Morgan fingerprint density at radius 3 is 2.48 bits per heavy atom. The number of hydrogen-bond acceptors (Lipinski definition) is 4. The molecular formula is C20H23FN4O3S. The van der Waals surface area contributed by atoms with E-state index in [1.165, 1.54) is 19.2 Å². The fourth-order valence-corrected chi connectivity index (χ4v) is 4.07. The van der Waals surface area contributed by atoms with Crippen molar-refractivity contribution in [3.05, 3.63) is 59.7 Å². The van der Waals surface area contributed by atoms with Crippen molar-refractivity contribution in [2.45, 2.75) is 31.3 Å². The molecule has 1 amide bonds. The van der Waals surface area contributed by atoms with Crippen molar-refractivity contribution in [2.24, 2.45) is 7.05 Å². The molecule has 0 radical (unpaired) electrons. The van der Waals surface area contributed by atoms with Crippen LogP contribution < -0.4 is 5.32 Å². The third-order valence-electron chi connectivity index (χ3n) is 4.54. The van der Waals surface area contributed by atoms with E-state index in [1.54, 1.807) is 29.8 Å². The molecule has 2 aromatic carbocycles. The normalized spacial score (nSPS) is 12.1. The molecule has 3 aromatic rings. The van der Waals surface area contributed by atoms with Crippen LogP contribution in [0.3, 0.4) is 0 Å². The standard InChI is InChI=1S/C20H23FN4O3S/c1-13(2)22-20(26)14-5-10-18-17(11-14)23-19(25(18)4)12-24(3)29(27,28)16-8-6-15(21)7-9-16/h5-11,13H,12H2,1-4H3,(H,22,26). The lowest BCUT2D eigenvalue weighted by Gasteiger charge is -2.17. The summed E-state index contributed by atoms with van der Waals surface area (Å²) < 4.78 is 41.5. The van der Waals surface area contributed by atoms with Gasteiger partial charge in [0.1, 0.15) is 11.6 Å². The van der Waals surface area contributed by atoms with E-state index in [4.69, 9.17) is 0 Å². The van der Waals surface area contributed by atoms with Crippen molar-refractivity contribution in [1.82, 2.24) is 19.2 Å². The maximum Gasteiger partial charge on any atom is 0.251 e. The number of carbonyl (C=O) groups excluding carboxylic acids is 1. The van der Waals surface area contributed by atoms with E-state index in [1.807, 2.05) is 13.8 Å². The summed E-state index contributed by atoms with van der Waals surface area (Å²) in [5.74, 6) is -0.168. The molecule has 154 valence electrons. The van der Waals surface area contributed by atoms with E-state index in [-0.39, 0.29) is 23.4 Å². The quantitative estimate of drug-likeness (QED) is 0.667. The number of aryl methyl sites for hydroxylation is 1. The summed E-state index contributed by atoms with van der Waals surface area (Å²) >= 11 is 0. The first-order valence-corrected chi connectivity index (χ1v) is 10.5. The van der Waals surface area contributed by atoms with E-state index in [9.17, 15) is 17.6 Å². The van der Waals surface area contributed by atoms with Gasteiger partial charge in [-0.05, 0) is 56.3 Å². The van der Waals surface area contributed by atoms with E-state index in [0.717, 1.165) is 22.0 Å². The van der Waals surface area contributed by atoms with Crippen molar-refractivity contribution < 1.29 is 17.6 Å². The van der Waals surface area contributed by atoms with Gasteiger partial charge in [-0.2, -0.15) is 4.31 Å². The molecule has 0 atom stereocenters. The zero-order chi connectivity index (χ0) is 21.3. The zero-order valence-electron chi connectivity index (χ0n) is 16.7. The first kappa shape index (κ1) is 20.9. The van der Waals surface area contributed by atoms with Crippen LogP contribution in [-0.2, 0) is 23.6 Å². The summed E-state index contributed by atoms with van der Waals surface area (Å²) in [6.45, 7) is 3.79. The highest BCUT2D eigenvalue weighted by atomic mass is 32.2. The van der Waals surface area contributed by atoms with E-state index in [0.29, 0.717) is 16.9 Å². The Kier molecular flexibility index (Phi) is 5.72. The van der Waals surface area contributed by atoms with Gasteiger partial charge >= 0.3 is 0 Å². The lowest BCUT2D eigenvalue weighted by atomic mass is 10.2. The van der Waals surface area contributed by atoms with Crippen molar-refractivity contribution in [3.8, 4) is 0 Å². The second-order valence-electron chi connectivity index (χ2n) is 7.13. The predicted octanol–water partition coefficient (Wildman–Crippen LogP) is 2.67. The molecule has 3 rings (SSSR count). The van der Waals surface area contributed by atoms with Crippen LogP contribution in [0.15, 0.2) is 47.4 Å². The van der Waals surface area contributed by atoms with Gasteiger partial charge in [0.2, 0.25) is 10.0 Å². The van der Waals surface area contributed by atoms with Gasteiger partial charge < -0.3 is 9.88 Å². The average molecular weight is 418 g/mol. The van der Waals surface area contributed by atoms with E-state index in [2.05, 4.69) is 10.3 Å². The summed E-state index contributed by atoms with van der Waals surface area (Å²) in [7, 11) is -0.561. The molecule has 1 aromatic heterocycles. The summed E-state index contributed by atoms with van der Waals surface area (Å²) in [6.07, 6.45) is 0. The first-order valence-electron chi connectivity index (χ1n) is 9.07. The Hall–Kier alpha value is -2.78. The SMILES string of the molecule is CC(C)NC(=O)c1ccc2c(c1)nc(CN(C)S(=O)(=O)c1ccc(F)cc1)n2C. The van der Waals surface area contributed by atoms with Crippen LogP contribution in [0.5, 0.6) is 0 Å². The van der Waals surface area contributed by atoms with Gasteiger partial charge in [-0.3, -0.25) is 4.79 Å². The monoisotopic (exact) mass is 418 g/mol. The second kappa shape index (κ2) is 7.92. The second-order valence-corrected chi connectivity index (χ2v) is 9.18. The topological polar surface area (TPSA) is 84.3 Å². The van der Waals surface area contributed by atoms with Gasteiger partial charge in [0.25, 0.3) is 5.91 Å². The van der Waals surface area contributed by atoms with Crippen LogP contribution in [-0.4, -0.2) is 41.3 Å². The fraction of sp³-hybridized carbons (Fsp3) is 0.300. The molecule has 1 heterocycles. The number of nitrogens with one attached hydrogen (secondary N) is 1. The first-order chi connectivity index (χ1) is 13.6. The molecule has 0 aliphatic heterocycles. The Morgan fingerprint density at radius 2 is 1.86 bits per heavy atom. The number of sulfonamides is 1. The number of benzene rings is 2. The molecule has 0 saturated carbocycles. The smallest absolute Gasteiger partial charge is 0.251 e. The molecule has 0 spiro atoms. The van der Waals surface area contributed by atoms with Gasteiger partial charge in [0.05, 0.1) is 22.5 Å². The van der Waals surface area contributed by atoms with Crippen LogP contribution >= 0.6 is 0 Å². The van der Waals surface area contributed by atoms with Crippen LogP contribution in [0.2, 0.25) is 0 Å². The van der Waals surface area contributed by atoms with Gasteiger partial charge in [-0.15, -0.1) is 0 Å². The van der Waals surface area contributed by atoms with Crippen molar-refractivity contribution in [3.63, 3.8) is 0 Å². The number of amides is 1. The molecule has 29 heavy (non-hydrogen) atoms. The van der Waals surface area contributed by atoms with Gasteiger partial charge in [-0.1, -0.05) is 0 Å². The van der Waals surface area contributed by atoms with Gasteiger partial charge in [-0.25, -0.2) is 17.8 Å². The number of nitrogens with zero attached hydrogens (tertiary/aromatic N) is 3. The Morgan fingerprint density at radius 1 is 1.21 bits per heavy atom.